The predicted octanol–water partition coefficient (Wildman–Crippen LogP) is 2.75. The van der Waals surface area contributed by atoms with Gasteiger partial charge < -0.3 is 10.6 Å². The molecule has 0 aromatic heterocycles. The summed E-state index contributed by atoms with van der Waals surface area (Å²) < 4.78 is 0. The fraction of sp³-hybridized carbons (Fsp3) is 0.364. The number of carbonyl (C=O) groups is 1. The van der Waals surface area contributed by atoms with E-state index in [2.05, 4.69) is 10.6 Å². The van der Waals surface area contributed by atoms with Gasteiger partial charge in [-0.05, 0) is 38.2 Å². The van der Waals surface area contributed by atoms with Crippen molar-refractivity contribution < 1.29 is 4.79 Å². The van der Waals surface area contributed by atoms with Gasteiger partial charge in [-0.1, -0.05) is 23.2 Å². The van der Waals surface area contributed by atoms with Crippen LogP contribution in [0.15, 0.2) is 18.2 Å². The Bertz CT molecular complexity index is 372. The molecule has 0 saturated carbocycles. The van der Waals surface area contributed by atoms with Crippen molar-refractivity contribution in [1.29, 1.82) is 0 Å². The molecule has 0 unspecified atom stereocenters. The molecule has 0 bridgehead atoms. The third-order valence-corrected chi connectivity index (χ3v) is 2.81. The summed E-state index contributed by atoms with van der Waals surface area (Å²) in [6.45, 7) is 1.52. The van der Waals surface area contributed by atoms with E-state index in [1.807, 2.05) is 7.05 Å². The average Bonchev–Trinajstić information content (AvgIpc) is 2.28. The molecule has 96 valence electrons. The standard InChI is InChI=1S/C11H14Cl2N2O.ClH/c1-14-5-2-6-15-11(16)8-3-4-9(12)10(13)7-8;/h3-4,7,14H,2,5-6H2,1H3,(H,15,16);1H. The minimum absolute atomic E-state index is 0. The van der Waals surface area contributed by atoms with Crippen LogP contribution in [0, 0.1) is 0 Å². The molecule has 3 nitrogen and oxygen atoms in total. The summed E-state index contributed by atoms with van der Waals surface area (Å²) >= 11 is 11.6. The Morgan fingerprint density at radius 3 is 2.53 bits per heavy atom. The van der Waals surface area contributed by atoms with Gasteiger partial charge in [-0.2, -0.15) is 0 Å². The molecule has 0 saturated heterocycles. The average molecular weight is 298 g/mol. The Balaban J connectivity index is 0.00000256. The predicted molar refractivity (Wildman–Crippen MR) is 74.6 cm³/mol. The third-order valence-electron chi connectivity index (χ3n) is 2.07. The number of amides is 1. The lowest BCUT2D eigenvalue weighted by Crippen LogP contribution is -2.26. The molecule has 1 aromatic carbocycles. The van der Waals surface area contributed by atoms with Crippen LogP contribution in [0.3, 0.4) is 0 Å². The summed E-state index contributed by atoms with van der Waals surface area (Å²) in [5.74, 6) is -0.130. The van der Waals surface area contributed by atoms with Crippen molar-refractivity contribution in [3.05, 3.63) is 33.8 Å². The molecule has 0 spiro atoms. The fourth-order valence-corrected chi connectivity index (χ4v) is 1.50. The Labute approximate surface area is 117 Å². The van der Waals surface area contributed by atoms with E-state index < -0.39 is 0 Å². The monoisotopic (exact) mass is 296 g/mol. The molecule has 6 heteroatoms. The van der Waals surface area contributed by atoms with Crippen molar-refractivity contribution in [2.75, 3.05) is 20.1 Å². The maximum atomic E-state index is 11.6. The van der Waals surface area contributed by atoms with Crippen LogP contribution in [-0.2, 0) is 0 Å². The molecule has 2 N–H and O–H groups in total. The molecule has 0 aliphatic heterocycles. The molecule has 0 heterocycles. The van der Waals surface area contributed by atoms with E-state index in [4.69, 9.17) is 23.2 Å². The first-order valence-corrected chi connectivity index (χ1v) is 5.78. The molecular weight excluding hydrogens is 282 g/mol. The number of nitrogens with one attached hydrogen (secondary N) is 2. The van der Waals surface area contributed by atoms with Crippen molar-refractivity contribution in [2.45, 2.75) is 6.42 Å². The lowest BCUT2D eigenvalue weighted by Gasteiger charge is -2.05. The molecule has 17 heavy (non-hydrogen) atoms. The zero-order valence-corrected chi connectivity index (χ0v) is 11.8. The van der Waals surface area contributed by atoms with Crippen LogP contribution in [0.2, 0.25) is 10.0 Å². The van der Waals surface area contributed by atoms with Gasteiger partial charge in [0, 0.05) is 12.1 Å². The van der Waals surface area contributed by atoms with Crippen molar-refractivity contribution >= 4 is 41.5 Å². The molecule has 0 radical (unpaired) electrons. The highest BCUT2D eigenvalue weighted by Gasteiger charge is 2.06. The van der Waals surface area contributed by atoms with Gasteiger partial charge in [-0.15, -0.1) is 12.4 Å². The number of rotatable bonds is 5. The Morgan fingerprint density at radius 2 is 1.94 bits per heavy atom. The second-order valence-electron chi connectivity index (χ2n) is 3.34. The van der Waals surface area contributed by atoms with Gasteiger partial charge in [-0.25, -0.2) is 0 Å². The van der Waals surface area contributed by atoms with Gasteiger partial charge in [0.15, 0.2) is 0 Å². The quantitative estimate of drug-likeness (QED) is 0.821. The maximum Gasteiger partial charge on any atom is 0.251 e. The van der Waals surface area contributed by atoms with Crippen LogP contribution in [0.5, 0.6) is 0 Å². The molecule has 1 aromatic rings. The molecular formula is C11H15Cl3N2O. The first-order valence-electron chi connectivity index (χ1n) is 5.03. The number of halogens is 3. The van der Waals surface area contributed by atoms with Gasteiger partial charge in [0.2, 0.25) is 0 Å². The first-order chi connectivity index (χ1) is 7.65. The van der Waals surface area contributed by atoms with Crippen molar-refractivity contribution in [1.82, 2.24) is 10.6 Å². The number of hydrogen-bond acceptors (Lipinski definition) is 2. The van der Waals surface area contributed by atoms with Crippen LogP contribution < -0.4 is 10.6 Å². The lowest BCUT2D eigenvalue weighted by molar-refractivity contribution is 0.0953. The largest absolute Gasteiger partial charge is 0.352 e. The van der Waals surface area contributed by atoms with Crippen LogP contribution in [0.4, 0.5) is 0 Å². The Hall–Kier alpha value is -0.480. The van der Waals surface area contributed by atoms with Crippen molar-refractivity contribution in [3.8, 4) is 0 Å². The molecule has 1 rings (SSSR count). The van der Waals surface area contributed by atoms with Crippen LogP contribution in [-0.4, -0.2) is 26.0 Å². The zero-order chi connectivity index (χ0) is 12.0. The molecule has 1 amide bonds. The fourth-order valence-electron chi connectivity index (χ4n) is 1.21. The van der Waals surface area contributed by atoms with Gasteiger partial charge in [0.1, 0.15) is 0 Å². The number of benzene rings is 1. The molecule has 0 atom stereocenters. The highest BCUT2D eigenvalue weighted by atomic mass is 35.5. The van der Waals surface area contributed by atoms with Crippen LogP contribution in [0.1, 0.15) is 16.8 Å². The van der Waals surface area contributed by atoms with E-state index in [0.29, 0.717) is 22.2 Å². The van der Waals surface area contributed by atoms with Gasteiger partial charge >= 0.3 is 0 Å². The highest BCUT2D eigenvalue weighted by molar-refractivity contribution is 6.42. The van der Waals surface area contributed by atoms with Gasteiger partial charge in [-0.3, -0.25) is 4.79 Å². The minimum Gasteiger partial charge on any atom is -0.352 e. The SMILES string of the molecule is CNCCCNC(=O)c1ccc(Cl)c(Cl)c1.Cl. The van der Waals surface area contributed by atoms with E-state index in [9.17, 15) is 4.79 Å². The smallest absolute Gasteiger partial charge is 0.251 e. The van der Waals surface area contributed by atoms with E-state index in [0.717, 1.165) is 13.0 Å². The number of carbonyl (C=O) groups excluding carboxylic acids is 1. The minimum atomic E-state index is -0.130. The molecule has 0 aliphatic rings. The lowest BCUT2D eigenvalue weighted by atomic mass is 10.2. The highest BCUT2D eigenvalue weighted by Crippen LogP contribution is 2.22. The van der Waals surface area contributed by atoms with Crippen molar-refractivity contribution in [3.63, 3.8) is 0 Å². The van der Waals surface area contributed by atoms with Crippen LogP contribution >= 0.6 is 35.6 Å². The summed E-state index contributed by atoms with van der Waals surface area (Å²) in [5.41, 5.74) is 0.527. The maximum absolute atomic E-state index is 11.6. The summed E-state index contributed by atoms with van der Waals surface area (Å²) in [7, 11) is 1.88. The van der Waals surface area contributed by atoms with E-state index in [-0.39, 0.29) is 18.3 Å². The topological polar surface area (TPSA) is 41.1 Å². The summed E-state index contributed by atoms with van der Waals surface area (Å²) in [5, 5.41) is 6.65. The summed E-state index contributed by atoms with van der Waals surface area (Å²) in [4.78, 5) is 11.6. The van der Waals surface area contributed by atoms with E-state index in [1.165, 1.54) is 0 Å². The normalized spacial score (nSPS) is 9.59. The molecule has 0 aliphatic carbocycles. The Morgan fingerprint density at radius 1 is 1.24 bits per heavy atom. The van der Waals surface area contributed by atoms with E-state index in [1.54, 1.807) is 18.2 Å². The van der Waals surface area contributed by atoms with Gasteiger partial charge in [0.05, 0.1) is 10.0 Å². The summed E-state index contributed by atoms with van der Waals surface area (Å²) in [6, 6.07) is 4.84. The van der Waals surface area contributed by atoms with Crippen LogP contribution in [0.25, 0.3) is 0 Å². The second-order valence-corrected chi connectivity index (χ2v) is 4.16. The summed E-state index contributed by atoms with van der Waals surface area (Å²) in [6.07, 6.45) is 0.892. The number of hydrogen-bond donors (Lipinski definition) is 2. The second kappa shape index (κ2) is 8.59. The molecule has 0 fully saturated rings. The van der Waals surface area contributed by atoms with Crippen molar-refractivity contribution in [2.24, 2.45) is 0 Å². The third kappa shape index (κ3) is 5.59. The van der Waals surface area contributed by atoms with E-state index >= 15 is 0 Å². The first kappa shape index (κ1) is 16.5. The van der Waals surface area contributed by atoms with Gasteiger partial charge in [0.25, 0.3) is 5.91 Å². The Kier molecular flexibility index (Phi) is 8.35. The zero-order valence-electron chi connectivity index (χ0n) is 9.43.